The van der Waals surface area contributed by atoms with Gasteiger partial charge in [0.1, 0.15) is 9.86 Å². The molecule has 0 aliphatic heterocycles. The fourth-order valence-electron chi connectivity index (χ4n) is 1.94. The van der Waals surface area contributed by atoms with Gasteiger partial charge in [-0.2, -0.15) is 0 Å². The number of rotatable bonds is 4. The molecule has 1 aromatic carbocycles. The fourth-order valence-corrected chi connectivity index (χ4v) is 4.32. The lowest BCUT2D eigenvalue weighted by Crippen LogP contribution is -1.87. The van der Waals surface area contributed by atoms with Crippen LogP contribution < -0.4 is 0 Å². The van der Waals surface area contributed by atoms with Gasteiger partial charge >= 0.3 is 0 Å². The van der Waals surface area contributed by atoms with E-state index >= 15 is 0 Å². The molecular weight excluding hydrogens is 343 g/mol. The summed E-state index contributed by atoms with van der Waals surface area (Å²) in [5.41, 5.74) is 1.21. The van der Waals surface area contributed by atoms with Crippen molar-refractivity contribution >= 4 is 56.5 Å². The predicted molar refractivity (Wildman–Crippen MR) is 92.8 cm³/mol. The maximum absolute atomic E-state index is 6.03. The van der Waals surface area contributed by atoms with Gasteiger partial charge in [0.2, 0.25) is 5.28 Å². The zero-order valence-electron chi connectivity index (χ0n) is 11.3. The first-order valence-electron chi connectivity index (χ1n) is 6.49. The van der Waals surface area contributed by atoms with Crippen molar-refractivity contribution < 1.29 is 0 Å². The number of thioether (sulfide) groups is 1. The second kappa shape index (κ2) is 6.53. The minimum atomic E-state index is 0.311. The van der Waals surface area contributed by atoms with Crippen molar-refractivity contribution in [2.75, 3.05) is 0 Å². The van der Waals surface area contributed by atoms with Crippen LogP contribution in [0.4, 0.5) is 0 Å². The molecule has 0 fully saturated rings. The molecule has 2 nitrogen and oxygen atoms in total. The molecule has 108 valence electrons. The maximum atomic E-state index is 6.03. The molecule has 0 aliphatic rings. The summed E-state index contributed by atoms with van der Waals surface area (Å²) in [5.74, 6) is 0.830. The molecule has 0 spiro atoms. The topological polar surface area (TPSA) is 25.8 Å². The first-order valence-corrected chi connectivity index (χ1v) is 9.04. The Bertz CT molecular complexity index is 769. The highest BCUT2D eigenvalue weighted by Crippen LogP contribution is 2.34. The smallest absolute Gasteiger partial charge is 0.211 e. The van der Waals surface area contributed by atoms with Crippen LogP contribution in [0.5, 0.6) is 0 Å². The summed E-state index contributed by atoms with van der Waals surface area (Å²) in [4.78, 5) is 11.0. The van der Waals surface area contributed by atoms with Crippen molar-refractivity contribution in [2.45, 2.75) is 24.1 Å². The second-order valence-electron chi connectivity index (χ2n) is 4.50. The zero-order chi connectivity index (χ0) is 14.8. The van der Waals surface area contributed by atoms with Crippen LogP contribution in [0.15, 0.2) is 35.4 Å². The monoisotopic (exact) mass is 354 g/mol. The van der Waals surface area contributed by atoms with Gasteiger partial charge in [-0.05, 0) is 41.8 Å². The third-order valence-electron chi connectivity index (χ3n) is 3.02. The predicted octanol–water partition coefficient (Wildman–Crippen LogP) is 5.85. The van der Waals surface area contributed by atoms with E-state index in [-0.39, 0.29) is 0 Å². The van der Waals surface area contributed by atoms with Crippen molar-refractivity contribution in [3.05, 3.63) is 51.1 Å². The fraction of sp³-hybridized carbons (Fsp3) is 0.200. The Balaban J connectivity index is 1.88. The summed E-state index contributed by atoms with van der Waals surface area (Å²) in [7, 11) is 0. The first-order chi connectivity index (χ1) is 10.2. The Labute approximate surface area is 141 Å². The second-order valence-corrected chi connectivity index (χ2v) is 7.35. The van der Waals surface area contributed by atoms with E-state index in [1.54, 1.807) is 23.1 Å². The van der Waals surface area contributed by atoms with Gasteiger partial charge in [0.15, 0.2) is 0 Å². The van der Waals surface area contributed by atoms with E-state index in [1.165, 1.54) is 10.4 Å². The minimum Gasteiger partial charge on any atom is -0.211 e. The lowest BCUT2D eigenvalue weighted by atomic mass is 10.2. The largest absolute Gasteiger partial charge is 0.224 e. The highest BCUT2D eigenvalue weighted by Gasteiger charge is 2.11. The highest BCUT2D eigenvalue weighted by atomic mass is 35.5. The number of thiophene rings is 1. The molecule has 6 heteroatoms. The van der Waals surface area contributed by atoms with E-state index in [2.05, 4.69) is 23.0 Å². The summed E-state index contributed by atoms with van der Waals surface area (Å²) in [5, 5.41) is 3.10. The summed E-state index contributed by atoms with van der Waals surface area (Å²) < 4.78 is 0. The molecule has 0 aliphatic carbocycles. The van der Waals surface area contributed by atoms with Crippen LogP contribution in [-0.4, -0.2) is 9.97 Å². The SMILES string of the molecule is CCc1cc2c(SCc3ccc(Cl)cc3)nc(Cl)nc2s1. The summed E-state index contributed by atoms with van der Waals surface area (Å²) in [6.45, 7) is 2.14. The normalized spacial score (nSPS) is 11.2. The minimum absolute atomic E-state index is 0.311. The van der Waals surface area contributed by atoms with E-state index in [0.717, 1.165) is 32.4 Å². The quantitative estimate of drug-likeness (QED) is 0.333. The maximum Gasteiger partial charge on any atom is 0.224 e. The Kier molecular flexibility index (Phi) is 4.69. The standard InChI is InChI=1S/C15H12Cl2N2S2/c1-2-11-7-12-13(18-15(17)19-14(12)21-11)20-8-9-3-5-10(16)6-4-9/h3-7H,2,8H2,1H3. The number of aryl methyl sites for hydroxylation is 1. The van der Waals surface area contributed by atoms with Crippen LogP contribution in [0, 0.1) is 0 Å². The van der Waals surface area contributed by atoms with Gasteiger partial charge in [-0.15, -0.1) is 23.1 Å². The molecule has 21 heavy (non-hydrogen) atoms. The molecule has 0 amide bonds. The van der Waals surface area contributed by atoms with Gasteiger partial charge in [-0.3, -0.25) is 0 Å². The molecule has 3 aromatic rings. The average molecular weight is 355 g/mol. The molecule has 0 radical (unpaired) electrons. The number of nitrogens with zero attached hydrogens (tertiary/aromatic N) is 2. The lowest BCUT2D eigenvalue weighted by molar-refractivity contribution is 1.11. The van der Waals surface area contributed by atoms with Gasteiger partial charge in [0.05, 0.1) is 0 Å². The third-order valence-corrected chi connectivity index (χ3v) is 5.68. The van der Waals surface area contributed by atoms with Crippen LogP contribution in [-0.2, 0) is 12.2 Å². The van der Waals surface area contributed by atoms with E-state index < -0.39 is 0 Å². The van der Waals surface area contributed by atoms with E-state index in [0.29, 0.717) is 5.28 Å². The van der Waals surface area contributed by atoms with Gasteiger partial charge in [0, 0.05) is 21.0 Å². The highest BCUT2D eigenvalue weighted by molar-refractivity contribution is 7.98. The number of aromatic nitrogens is 2. The van der Waals surface area contributed by atoms with E-state index in [1.807, 2.05) is 24.3 Å². The van der Waals surface area contributed by atoms with Crippen LogP contribution in [0.3, 0.4) is 0 Å². The Morgan fingerprint density at radius 1 is 1.14 bits per heavy atom. The molecular formula is C15H12Cl2N2S2. The first kappa shape index (κ1) is 15.1. The van der Waals surface area contributed by atoms with Crippen molar-refractivity contribution in [2.24, 2.45) is 0 Å². The van der Waals surface area contributed by atoms with E-state index in [4.69, 9.17) is 23.2 Å². The lowest BCUT2D eigenvalue weighted by Gasteiger charge is -2.03. The number of hydrogen-bond acceptors (Lipinski definition) is 4. The number of fused-ring (bicyclic) bond motifs is 1. The van der Waals surface area contributed by atoms with Crippen molar-refractivity contribution in [3.8, 4) is 0 Å². The number of benzene rings is 1. The van der Waals surface area contributed by atoms with E-state index in [9.17, 15) is 0 Å². The molecule has 2 aromatic heterocycles. The molecule has 0 N–H and O–H groups in total. The summed E-state index contributed by atoms with van der Waals surface area (Å²) in [6.07, 6.45) is 1.000. The zero-order valence-corrected chi connectivity index (χ0v) is 14.4. The van der Waals surface area contributed by atoms with Crippen molar-refractivity contribution in [3.63, 3.8) is 0 Å². The van der Waals surface area contributed by atoms with Crippen LogP contribution >= 0.6 is 46.3 Å². The molecule has 0 unspecified atom stereocenters. The average Bonchev–Trinajstić information content (AvgIpc) is 2.89. The third kappa shape index (κ3) is 3.51. The van der Waals surface area contributed by atoms with Crippen molar-refractivity contribution in [1.82, 2.24) is 9.97 Å². The summed E-state index contributed by atoms with van der Waals surface area (Å²) in [6, 6.07) is 10.0. The van der Waals surface area contributed by atoms with Gasteiger partial charge < -0.3 is 0 Å². The van der Waals surface area contributed by atoms with Gasteiger partial charge in [-0.1, -0.05) is 30.7 Å². The van der Waals surface area contributed by atoms with Crippen LogP contribution in [0.1, 0.15) is 17.4 Å². The number of halogens is 2. The molecule has 0 bridgehead atoms. The molecule has 2 heterocycles. The Hall–Kier alpha value is -0.810. The summed E-state index contributed by atoms with van der Waals surface area (Å²) >= 11 is 15.3. The molecule has 0 saturated heterocycles. The van der Waals surface area contributed by atoms with Gasteiger partial charge in [0.25, 0.3) is 0 Å². The van der Waals surface area contributed by atoms with Gasteiger partial charge in [-0.25, -0.2) is 9.97 Å². The van der Waals surface area contributed by atoms with Crippen molar-refractivity contribution in [1.29, 1.82) is 0 Å². The Morgan fingerprint density at radius 2 is 1.90 bits per heavy atom. The number of hydrogen-bond donors (Lipinski definition) is 0. The molecule has 0 saturated carbocycles. The van der Waals surface area contributed by atoms with Crippen LogP contribution in [0.2, 0.25) is 10.3 Å². The molecule has 0 atom stereocenters. The molecule has 3 rings (SSSR count). The van der Waals surface area contributed by atoms with Crippen LogP contribution in [0.25, 0.3) is 10.2 Å². The Morgan fingerprint density at radius 3 is 2.62 bits per heavy atom.